The second-order valence-corrected chi connectivity index (χ2v) is 9.40. The van der Waals surface area contributed by atoms with E-state index < -0.39 is 5.54 Å². The van der Waals surface area contributed by atoms with E-state index in [1.807, 2.05) is 45.0 Å². The number of Topliss-reactive ketones (excluding diaryl/α,β-unsaturated/α-hetero) is 2. The maximum Gasteiger partial charge on any atom is 0.306 e. The Balaban J connectivity index is 1.97. The summed E-state index contributed by atoms with van der Waals surface area (Å²) < 4.78 is 4.98. The van der Waals surface area contributed by atoms with Crippen molar-refractivity contribution in [3.8, 4) is 0 Å². The van der Waals surface area contributed by atoms with Crippen LogP contribution in [0.1, 0.15) is 80.5 Å². The van der Waals surface area contributed by atoms with Gasteiger partial charge in [0.1, 0.15) is 0 Å². The molecule has 0 aromatic heterocycles. The molecule has 1 amide bonds. The van der Waals surface area contributed by atoms with Gasteiger partial charge in [0.2, 0.25) is 5.91 Å². The number of ketones is 2. The third-order valence-electron chi connectivity index (χ3n) is 5.70. The molecule has 0 atom stereocenters. The van der Waals surface area contributed by atoms with Gasteiger partial charge in [-0.25, -0.2) is 0 Å². The molecule has 0 radical (unpaired) electrons. The van der Waals surface area contributed by atoms with Gasteiger partial charge in [0.05, 0.1) is 0 Å². The molecular weight excluding hydrogens is 450 g/mol. The molecule has 0 aliphatic rings. The van der Waals surface area contributed by atoms with Gasteiger partial charge in [-0.2, -0.15) is 0 Å². The lowest BCUT2D eigenvalue weighted by molar-refractivity contribution is -0.142. The Labute approximate surface area is 205 Å². The average molecular weight is 484 g/mol. The number of hydrogen-bond donors (Lipinski definition) is 1. The van der Waals surface area contributed by atoms with Crippen molar-refractivity contribution in [2.75, 3.05) is 6.61 Å². The number of benzene rings is 2. The van der Waals surface area contributed by atoms with Crippen molar-refractivity contribution in [1.82, 2.24) is 5.32 Å². The maximum absolute atomic E-state index is 12.8. The van der Waals surface area contributed by atoms with Crippen LogP contribution in [0.3, 0.4) is 0 Å². The van der Waals surface area contributed by atoms with Gasteiger partial charge in [-0.15, -0.1) is 0 Å². The molecule has 182 valence electrons. The van der Waals surface area contributed by atoms with E-state index in [1.165, 1.54) is 18.7 Å². The van der Waals surface area contributed by atoms with Crippen molar-refractivity contribution in [3.05, 3.63) is 59.7 Å². The first kappa shape index (κ1) is 27.3. The molecule has 0 saturated heterocycles. The van der Waals surface area contributed by atoms with Crippen LogP contribution >= 0.6 is 11.8 Å². The first-order valence-corrected chi connectivity index (χ1v) is 12.4. The first-order chi connectivity index (χ1) is 16.2. The molecule has 0 bridgehead atoms. The minimum absolute atomic E-state index is 0.00324. The minimum Gasteiger partial charge on any atom is -0.457 e. The number of amides is 1. The predicted molar refractivity (Wildman–Crippen MR) is 133 cm³/mol. The molecule has 1 N–H and O–H groups in total. The molecule has 2 aromatic carbocycles. The molecular formula is C27H33NO5S. The van der Waals surface area contributed by atoms with Crippen LogP contribution in [0, 0.1) is 0 Å². The summed E-state index contributed by atoms with van der Waals surface area (Å²) in [4.78, 5) is 50.0. The summed E-state index contributed by atoms with van der Waals surface area (Å²) in [6.07, 6.45) is 2.62. The Hall–Kier alpha value is -2.93. The van der Waals surface area contributed by atoms with E-state index in [-0.39, 0.29) is 36.5 Å². The molecule has 6 nitrogen and oxygen atoms in total. The van der Waals surface area contributed by atoms with Gasteiger partial charge >= 0.3 is 5.97 Å². The smallest absolute Gasteiger partial charge is 0.306 e. The van der Waals surface area contributed by atoms with Gasteiger partial charge in [0.25, 0.3) is 0 Å². The molecule has 0 spiro atoms. The zero-order chi connectivity index (χ0) is 25.1. The Kier molecular flexibility index (Phi) is 10.5. The second kappa shape index (κ2) is 13.1. The quantitative estimate of drug-likeness (QED) is 0.293. The van der Waals surface area contributed by atoms with E-state index in [4.69, 9.17) is 4.74 Å². The number of carbonyl (C=O) groups is 4. The standard InChI is InChI=1S/C27H33NO5S/c1-5-8-26(32)33-18-25(31)21-11-15-23(16-12-21)34-22-13-9-20(10-14-22)24(30)17-27(6-2,7-3)28-19(4)29/h9-16H,5-8,17-18H2,1-4H3,(H,28,29). The highest BCUT2D eigenvalue weighted by Crippen LogP contribution is 2.29. The first-order valence-electron chi connectivity index (χ1n) is 11.6. The zero-order valence-corrected chi connectivity index (χ0v) is 21.1. The van der Waals surface area contributed by atoms with Crippen LogP contribution in [0.5, 0.6) is 0 Å². The SMILES string of the molecule is CCCC(=O)OCC(=O)c1ccc(Sc2ccc(C(=O)CC(CC)(CC)NC(C)=O)cc2)cc1. The van der Waals surface area contributed by atoms with Crippen molar-refractivity contribution in [3.63, 3.8) is 0 Å². The molecule has 2 aromatic rings. The Morgan fingerprint density at radius 2 is 1.32 bits per heavy atom. The summed E-state index contributed by atoms with van der Waals surface area (Å²) in [6.45, 7) is 7.05. The summed E-state index contributed by atoms with van der Waals surface area (Å²) in [7, 11) is 0. The maximum atomic E-state index is 12.8. The monoisotopic (exact) mass is 483 g/mol. The number of nitrogens with one attached hydrogen (secondary N) is 1. The Morgan fingerprint density at radius 3 is 1.76 bits per heavy atom. The number of carbonyl (C=O) groups excluding carboxylic acids is 4. The molecule has 0 saturated carbocycles. The van der Waals surface area contributed by atoms with E-state index in [2.05, 4.69) is 5.32 Å². The normalized spacial score (nSPS) is 11.1. The molecule has 0 unspecified atom stereocenters. The molecule has 7 heteroatoms. The van der Waals surface area contributed by atoms with E-state index >= 15 is 0 Å². The van der Waals surface area contributed by atoms with Crippen molar-refractivity contribution in [1.29, 1.82) is 0 Å². The van der Waals surface area contributed by atoms with Gasteiger partial charge in [0, 0.05) is 46.2 Å². The second-order valence-electron chi connectivity index (χ2n) is 8.25. The van der Waals surface area contributed by atoms with Gasteiger partial charge in [0.15, 0.2) is 18.2 Å². The van der Waals surface area contributed by atoms with Crippen LogP contribution in [0.25, 0.3) is 0 Å². The van der Waals surface area contributed by atoms with E-state index in [0.29, 0.717) is 36.8 Å². The van der Waals surface area contributed by atoms with Crippen molar-refractivity contribution in [2.24, 2.45) is 0 Å². The fourth-order valence-electron chi connectivity index (χ4n) is 3.56. The summed E-state index contributed by atoms with van der Waals surface area (Å²) >= 11 is 1.52. The van der Waals surface area contributed by atoms with Crippen LogP contribution in [0.4, 0.5) is 0 Å². The van der Waals surface area contributed by atoms with Gasteiger partial charge < -0.3 is 10.1 Å². The van der Waals surface area contributed by atoms with Crippen LogP contribution < -0.4 is 5.32 Å². The summed E-state index contributed by atoms with van der Waals surface area (Å²) in [5, 5.41) is 2.96. The van der Waals surface area contributed by atoms with Crippen molar-refractivity contribution < 1.29 is 23.9 Å². The molecule has 0 heterocycles. The zero-order valence-electron chi connectivity index (χ0n) is 20.3. The van der Waals surface area contributed by atoms with Crippen molar-refractivity contribution >= 4 is 35.2 Å². The lowest BCUT2D eigenvalue weighted by atomic mass is 9.85. The highest BCUT2D eigenvalue weighted by atomic mass is 32.2. The molecule has 0 fully saturated rings. The number of hydrogen-bond acceptors (Lipinski definition) is 6. The summed E-state index contributed by atoms with van der Waals surface area (Å²) in [6, 6.07) is 14.5. The predicted octanol–water partition coefficient (Wildman–Crippen LogP) is 5.63. The largest absolute Gasteiger partial charge is 0.457 e. The number of ether oxygens (including phenoxy) is 1. The number of esters is 1. The van der Waals surface area contributed by atoms with E-state index in [9.17, 15) is 19.2 Å². The van der Waals surface area contributed by atoms with Crippen LogP contribution in [0.15, 0.2) is 58.3 Å². The Bertz CT molecular complexity index is 995. The number of rotatable bonds is 13. The molecule has 0 aliphatic carbocycles. The molecule has 2 rings (SSSR count). The third kappa shape index (κ3) is 8.13. The van der Waals surface area contributed by atoms with E-state index in [1.54, 1.807) is 24.3 Å². The highest BCUT2D eigenvalue weighted by molar-refractivity contribution is 7.99. The Morgan fingerprint density at radius 1 is 0.824 bits per heavy atom. The molecule has 0 aliphatic heterocycles. The fraction of sp³-hybridized carbons (Fsp3) is 0.407. The highest BCUT2D eigenvalue weighted by Gasteiger charge is 2.30. The van der Waals surface area contributed by atoms with Crippen LogP contribution in [-0.2, 0) is 14.3 Å². The molecule has 34 heavy (non-hydrogen) atoms. The summed E-state index contributed by atoms with van der Waals surface area (Å²) in [5.41, 5.74) is 0.577. The van der Waals surface area contributed by atoms with Gasteiger partial charge in [-0.1, -0.05) is 56.8 Å². The van der Waals surface area contributed by atoms with Crippen LogP contribution in [0.2, 0.25) is 0 Å². The van der Waals surface area contributed by atoms with Gasteiger partial charge in [-0.05, 0) is 43.5 Å². The van der Waals surface area contributed by atoms with Crippen LogP contribution in [-0.4, -0.2) is 35.6 Å². The lowest BCUT2D eigenvalue weighted by Gasteiger charge is -2.32. The van der Waals surface area contributed by atoms with Crippen molar-refractivity contribution in [2.45, 2.75) is 75.1 Å². The minimum atomic E-state index is -0.524. The average Bonchev–Trinajstić information content (AvgIpc) is 2.82. The van der Waals surface area contributed by atoms with Gasteiger partial charge in [-0.3, -0.25) is 19.2 Å². The topological polar surface area (TPSA) is 89.5 Å². The lowest BCUT2D eigenvalue weighted by Crippen LogP contribution is -2.48. The fourth-order valence-corrected chi connectivity index (χ4v) is 4.38. The summed E-state index contributed by atoms with van der Waals surface area (Å²) in [5.74, 6) is -0.738. The van der Waals surface area contributed by atoms with E-state index in [0.717, 1.165) is 9.79 Å². The third-order valence-corrected chi connectivity index (χ3v) is 6.72.